The van der Waals surface area contributed by atoms with Gasteiger partial charge in [-0.15, -0.1) is 0 Å². The van der Waals surface area contributed by atoms with E-state index in [4.69, 9.17) is 0 Å². The summed E-state index contributed by atoms with van der Waals surface area (Å²) in [6, 6.07) is 11.1. The first kappa shape index (κ1) is 10.7. The van der Waals surface area contributed by atoms with Crippen LogP contribution in [0, 0.1) is 5.92 Å². The van der Waals surface area contributed by atoms with E-state index in [9.17, 15) is 0 Å². The van der Waals surface area contributed by atoms with E-state index in [0.717, 1.165) is 11.8 Å². The largest absolute Gasteiger partial charge is 0.0654 e. The fourth-order valence-electron chi connectivity index (χ4n) is 2.35. The Morgan fingerprint density at radius 2 is 1.93 bits per heavy atom. The summed E-state index contributed by atoms with van der Waals surface area (Å²) in [5, 5.41) is 0. The Kier molecular flexibility index (Phi) is 3.82. The lowest BCUT2D eigenvalue weighted by atomic mass is 9.89. The number of benzene rings is 1. The fourth-order valence-corrected chi connectivity index (χ4v) is 2.35. The quantitative estimate of drug-likeness (QED) is 0.624. The van der Waals surface area contributed by atoms with Crippen LogP contribution in [0.2, 0.25) is 0 Å². The third kappa shape index (κ3) is 3.37. The van der Waals surface area contributed by atoms with Crippen LogP contribution in [0.1, 0.15) is 56.9 Å². The number of hydrogen-bond acceptors (Lipinski definition) is 0. The summed E-state index contributed by atoms with van der Waals surface area (Å²) in [5.41, 5.74) is 1.57. The van der Waals surface area contributed by atoms with Gasteiger partial charge in [0.05, 0.1) is 0 Å². The zero-order valence-electron chi connectivity index (χ0n) is 9.78. The van der Waals surface area contributed by atoms with Gasteiger partial charge in [0, 0.05) is 0 Å². The maximum absolute atomic E-state index is 2.31. The molecule has 0 radical (unpaired) electrons. The minimum absolute atomic E-state index is 0.832. The second-order valence-corrected chi connectivity index (χ2v) is 4.93. The van der Waals surface area contributed by atoms with Gasteiger partial charge < -0.3 is 0 Å². The molecule has 0 heterocycles. The van der Waals surface area contributed by atoms with Gasteiger partial charge in [0.15, 0.2) is 0 Å². The Balaban J connectivity index is 1.96. The number of hydrogen-bond donors (Lipinski definition) is 0. The van der Waals surface area contributed by atoms with E-state index in [1.807, 2.05) is 0 Å². The minimum atomic E-state index is 0.832. The Labute approximate surface area is 93.7 Å². The summed E-state index contributed by atoms with van der Waals surface area (Å²) in [5.74, 6) is 1.88. The number of unbranched alkanes of at least 4 members (excludes halogenated alkanes) is 1. The molecule has 0 N–H and O–H groups in total. The predicted octanol–water partition coefficient (Wildman–Crippen LogP) is 4.76. The summed E-state index contributed by atoms with van der Waals surface area (Å²) in [7, 11) is 0. The zero-order valence-corrected chi connectivity index (χ0v) is 9.78. The Bertz CT molecular complexity index is 271. The first-order valence-corrected chi connectivity index (χ1v) is 6.45. The normalized spacial score (nSPS) is 17.7. The summed E-state index contributed by atoms with van der Waals surface area (Å²) in [6.07, 6.45) is 8.49. The molecule has 0 nitrogen and oxygen atoms in total. The van der Waals surface area contributed by atoms with Crippen LogP contribution in [0.15, 0.2) is 30.3 Å². The summed E-state index contributed by atoms with van der Waals surface area (Å²) in [4.78, 5) is 0. The van der Waals surface area contributed by atoms with Gasteiger partial charge in [-0.25, -0.2) is 0 Å². The van der Waals surface area contributed by atoms with Gasteiger partial charge in [-0.3, -0.25) is 0 Å². The molecule has 0 heteroatoms. The SMILES string of the molecule is CCCCC(CC1CC1)c1ccccc1. The number of rotatable bonds is 6. The maximum atomic E-state index is 2.31. The van der Waals surface area contributed by atoms with E-state index in [-0.39, 0.29) is 0 Å². The van der Waals surface area contributed by atoms with Crippen LogP contribution in [-0.4, -0.2) is 0 Å². The average molecular weight is 202 g/mol. The molecule has 82 valence electrons. The first-order valence-electron chi connectivity index (χ1n) is 6.45. The van der Waals surface area contributed by atoms with Gasteiger partial charge in [-0.2, -0.15) is 0 Å². The van der Waals surface area contributed by atoms with Crippen LogP contribution in [0.3, 0.4) is 0 Å². The molecule has 0 aromatic heterocycles. The summed E-state index contributed by atoms with van der Waals surface area (Å²) in [6.45, 7) is 2.29. The van der Waals surface area contributed by atoms with Crippen molar-refractivity contribution >= 4 is 0 Å². The predicted molar refractivity (Wildman–Crippen MR) is 66.0 cm³/mol. The summed E-state index contributed by atoms with van der Waals surface area (Å²) < 4.78 is 0. The van der Waals surface area contributed by atoms with Crippen LogP contribution in [0.25, 0.3) is 0 Å². The second-order valence-electron chi connectivity index (χ2n) is 4.93. The van der Waals surface area contributed by atoms with Crippen molar-refractivity contribution in [1.82, 2.24) is 0 Å². The molecule has 1 unspecified atom stereocenters. The lowest BCUT2D eigenvalue weighted by molar-refractivity contribution is 0.517. The van der Waals surface area contributed by atoms with Crippen molar-refractivity contribution < 1.29 is 0 Å². The highest BCUT2D eigenvalue weighted by atomic mass is 14.3. The van der Waals surface area contributed by atoms with Crippen LogP contribution in [0.5, 0.6) is 0 Å². The van der Waals surface area contributed by atoms with Crippen molar-refractivity contribution in [3.63, 3.8) is 0 Å². The smallest absolute Gasteiger partial charge is 0.0159 e. The molecule has 0 spiro atoms. The minimum Gasteiger partial charge on any atom is -0.0654 e. The molecule has 1 aliphatic rings. The topological polar surface area (TPSA) is 0 Å². The average Bonchev–Trinajstić information content (AvgIpc) is 3.09. The van der Waals surface area contributed by atoms with Gasteiger partial charge in [0.2, 0.25) is 0 Å². The van der Waals surface area contributed by atoms with Crippen molar-refractivity contribution in [2.75, 3.05) is 0 Å². The van der Waals surface area contributed by atoms with E-state index < -0.39 is 0 Å². The first-order chi connectivity index (χ1) is 7.40. The van der Waals surface area contributed by atoms with Crippen molar-refractivity contribution in [1.29, 1.82) is 0 Å². The second kappa shape index (κ2) is 5.34. The molecule has 1 aromatic rings. The highest BCUT2D eigenvalue weighted by molar-refractivity contribution is 5.19. The molecule has 1 atom stereocenters. The van der Waals surface area contributed by atoms with E-state index in [2.05, 4.69) is 37.3 Å². The van der Waals surface area contributed by atoms with Gasteiger partial charge >= 0.3 is 0 Å². The van der Waals surface area contributed by atoms with Gasteiger partial charge in [0.25, 0.3) is 0 Å². The molecule has 2 rings (SSSR count). The molecule has 1 aromatic carbocycles. The Hall–Kier alpha value is -0.780. The molecule has 0 saturated heterocycles. The standard InChI is InChI=1S/C15H22/c1-2-3-7-15(12-13-10-11-13)14-8-5-4-6-9-14/h4-6,8-9,13,15H,2-3,7,10-12H2,1H3. The Morgan fingerprint density at radius 3 is 2.53 bits per heavy atom. The molecular weight excluding hydrogens is 180 g/mol. The molecule has 0 bridgehead atoms. The van der Waals surface area contributed by atoms with E-state index in [1.165, 1.54) is 38.5 Å². The van der Waals surface area contributed by atoms with Crippen LogP contribution in [-0.2, 0) is 0 Å². The van der Waals surface area contributed by atoms with Crippen molar-refractivity contribution in [3.8, 4) is 0 Å². The molecule has 1 saturated carbocycles. The van der Waals surface area contributed by atoms with Crippen molar-refractivity contribution in [3.05, 3.63) is 35.9 Å². The molecular formula is C15H22. The van der Waals surface area contributed by atoms with Crippen LogP contribution in [0.4, 0.5) is 0 Å². The van der Waals surface area contributed by atoms with Crippen LogP contribution < -0.4 is 0 Å². The zero-order chi connectivity index (χ0) is 10.5. The monoisotopic (exact) mass is 202 g/mol. The maximum Gasteiger partial charge on any atom is -0.0159 e. The van der Waals surface area contributed by atoms with Crippen molar-refractivity contribution in [2.45, 2.75) is 51.4 Å². The van der Waals surface area contributed by atoms with Gasteiger partial charge in [0.1, 0.15) is 0 Å². The molecule has 0 aliphatic heterocycles. The fraction of sp³-hybridized carbons (Fsp3) is 0.600. The third-order valence-electron chi connectivity index (χ3n) is 3.49. The van der Waals surface area contributed by atoms with E-state index >= 15 is 0 Å². The van der Waals surface area contributed by atoms with Gasteiger partial charge in [-0.1, -0.05) is 62.9 Å². The highest BCUT2D eigenvalue weighted by Gasteiger charge is 2.25. The van der Waals surface area contributed by atoms with Crippen LogP contribution >= 0.6 is 0 Å². The highest BCUT2D eigenvalue weighted by Crippen LogP contribution is 2.40. The van der Waals surface area contributed by atoms with Crippen molar-refractivity contribution in [2.24, 2.45) is 5.92 Å². The third-order valence-corrected chi connectivity index (χ3v) is 3.49. The van der Waals surface area contributed by atoms with E-state index in [1.54, 1.807) is 5.56 Å². The molecule has 0 amide bonds. The molecule has 1 fully saturated rings. The Morgan fingerprint density at radius 1 is 1.20 bits per heavy atom. The molecule has 1 aliphatic carbocycles. The van der Waals surface area contributed by atoms with Gasteiger partial charge in [-0.05, 0) is 30.2 Å². The summed E-state index contributed by atoms with van der Waals surface area (Å²) >= 11 is 0. The lowest BCUT2D eigenvalue weighted by Gasteiger charge is -2.16. The molecule has 15 heavy (non-hydrogen) atoms. The van der Waals surface area contributed by atoms with E-state index in [0.29, 0.717) is 0 Å². The lowest BCUT2D eigenvalue weighted by Crippen LogP contribution is -2.00.